The molecule has 0 N–H and O–H groups in total. The molecule has 0 aliphatic carbocycles. The quantitative estimate of drug-likeness (QED) is 0.749. The molecule has 0 spiro atoms. The van der Waals surface area contributed by atoms with Crippen LogP contribution in [-0.4, -0.2) is 12.6 Å². The maximum absolute atomic E-state index is 11.9. The van der Waals surface area contributed by atoms with Gasteiger partial charge in [0, 0.05) is 0 Å². The van der Waals surface area contributed by atoms with Gasteiger partial charge < -0.3 is 4.74 Å². The summed E-state index contributed by atoms with van der Waals surface area (Å²) >= 11 is 0. The predicted molar refractivity (Wildman–Crippen MR) is 65.4 cm³/mol. The topological polar surface area (TPSA) is 50.1 Å². The lowest BCUT2D eigenvalue weighted by molar-refractivity contribution is -0.146. The summed E-state index contributed by atoms with van der Waals surface area (Å²) in [6.45, 7) is 6.11. The number of nitriles is 1. The molecule has 0 fully saturated rings. The molecule has 0 aliphatic rings. The van der Waals surface area contributed by atoms with E-state index in [2.05, 4.69) is 6.07 Å². The van der Waals surface area contributed by atoms with E-state index in [4.69, 9.17) is 10.00 Å². The molecule has 1 unspecified atom stereocenters. The van der Waals surface area contributed by atoms with Crippen LogP contribution in [0.25, 0.3) is 0 Å². The van der Waals surface area contributed by atoms with Gasteiger partial charge in [-0.2, -0.15) is 5.26 Å². The molecule has 1 atom stereocenters. The average molecular weight is 231 g/mol. The Labute approximate surface area is 102 Å². The number of carbonyl (C=O) groups excluding carboxylic acids is 1. The first-order valence-corrected chi connectivity index (χ1v) is 5.76. The van der Waals surface area contributed by atoms with Crippen molar-refractivity contribution in [1.29, 1.82) is 5.26 Å². The number of hydrogen-bond donors (Lipinski definition) is 0. The molecule has 1 rings (SSSR count). The zero-order valence-corrected chi connectivity index (χ0v) is 10.4. The first-order valence-electron chi connectivity index (χ1n) is 5.76. The van der Waals surface area contributed by atoms with E-state index in [1.807, 2.05) is 19.9 Å². The first-order chi connectivity index (χ1) is 8.10. The Balaban J connectivity index is 3.06. The largest absolute Gasteiger partial charge is 0.466 e. The minimum Gasteiger partial charge on any atom is -0.466 e. The molecule has 1 aromatic carbocycles. The van der Waals surface area contributed by atoms with E-state index in [-0.39, 0.29) is 17.8 Å². The van der Waals surface area contributed by atoms with Crippen molar-refractivity contribution in [2.45, 2.75) is 26.7 Å². The van der Waals surface area contributed by atoms with Gasteiger partial charge in [-0.3, -0.25) is 4.79 Å². The van der Waals surface area contributed by atoms with Crippen LogP contribution in [-0.2, 0) is 9.53 Å². The van der Waals surface area contributed by atoms with Crippen molar-refractivity contribution >= 4 is 5.97 Å². The normalized spacial score (nSPS) is 11.9. The monoisotopic (exact) mass is 231 g/mol. The van der Waals surface area contributed by atoms with Crippen LogP contribution in [0.15, 0.2) is 24.3 Å². The van der Waals surface area contributed by atoms with Crippen LogP contribution in [0.5, 0.6) is 0 Å². The van der Waals surface area contributed by atoms with Crippen molar-refractivity contribution in [2.24, 2.45) is 5.92 Å². The molecule has 0 heterocycles. The summed E-state index contributed by atoms with van der Waals surface area (Å²) < 4.78 is 5.07. The number of carbonyl (C=O) groups is 1. The molecule has 0 saturated heterocycles. The highest BCUT2D eigenvalue weighted by atomic mass is 16.5. The summed E-state index contributed by atoms with van der Waals surface area (Å²) in [6, 6.07) is 9.22. The van der Waals surface area contributed by atoms with Crippen LogP contribution in [0.3, 0.4) is 0 Å². The van der Waals surface area contributed by atoms with Crippen molar-refractivity contribution in [1.82, 2.24) is 0 Å². The predicted octanol–water partition coefficient (Wildman–Crippen LogP) is 2.86. The van der Waals surface area contributed by atoms with Gasteiger partial charge in [0.25, 0.3) is 0 Å². The SMILES string of the molecule is CCOC(=O)C(c1cccc(C#N)c1)C(C)C. The third-order valence-electron chi connectivity index (χ3n) is 2.58. The Morgan fingerprint density at radius 1 is 1.47 bits per heavy atom. The summed E-state index contributed by atoms with van der Waals surface area (Å²) in [5.74, 6) is -0.385. The Morgan fingerprint density at radius 2 is 2.18 bits per heavy atom. The highest BCUT2D eigenvalue weighted by molar-refractivity contribution is 5.78. The molecular weight excluding hydrogens is 214 g/mol. The van der Waals surface area contributed by atoms with Gasteiger partial charge in [-0.25, -0.2) is 0 Å². The molecule has 90 valence electrons. The molecule has 0 bridgehead atoms. The molecule has 1 aromatic rings. The number of nitrogens with zero attached hydrogens (tertiary/aromatic N) is 1. The maximum Gasteiger partial charge on any atom is 0.313 e. The number of ether oxygens (including phenoxy) is 1. The molecule has 0 saturated carbocycles. The smallest absolute Gasteiger partial charge is 0.313 e. The number of esters is 1. The van der Waals surface area contributed by atoms with Gasteiger partial charge in [-0.05, 0) is 30.5 Å². The fraction of sp³-hybridized carbons (Fsp3) is 0.429. The minimum absolute atomic E-state index is 0.142. The second-order valence-corrected chi connectivity index (χ2v) is 4.21. The van der Waals surface area contributed by atoms with Crippen molar-refractivity contribution in [3.05, 3.63) is 35.4 Å². The first kappa shape index (κ1) is 13.2. The van der Waals surface area contributed by atoms with E-state index < -0.39 is 0 Å². The Morgan fingerprint density at radius 3 is 2.71 bits per heavy atom. The number of hydrogen-bond acceptors (Lipinski definition) is 3. The Kier molecular flexibility index (Phi) is 4.71. The van der Waals surface area contributed by atoms with E-state index in [1.165, 1.54) is 0 Å². The van der Waals surface area contributed by atoms with Crippen LogP contribution < -0.4 is 0 Å². The van der Waals surface area contributed by atoms with Crippen LogP contribution in [0.1, 0.15) is 37.8 Å². The van der Waals surface area contributed by atoms with E-state index in [9.17, 15) is 4.79 Å². The van der Waals surface area contributed by atoms with E-state index >= 15 is 0 Å². The summed E-state index contributed by atoms with van der Waals surface area (Å²) in [6.07, 6.45) is 0. The summed E-state index contributed by atoms with van der Waals surface area (Å²) in [4.78, 5) is 11.9. The third kappa shape index (κ3) is 3.32. The molecule has 17 heavy (non-hydrogen) atoms. The molecule has 0 radical (unpaired) electrons. The third-order valence-corrected chi connectivity index (χ3v) is 2.58. The zero-order valence-electron chi connectivity index (χ0n) is 10.4. The number of benzene rings is 1. The highest BCUT2D eigenvalue weighted by Gasteiger charge is 2.25. The van der Waals surface area contributed by atoms with Gasteiger partial charge in [0.2, 0.25) is 0 Å². The molecule has 0 aliphatic heterocycles. The second kappa shape index (κ2) is 6.05. The molecule has 0 amide bonds. The van der Waals surface area contributed by atoms with Crippen LogP contribution >= 0.6 is 0 Å². The van der Waals surface area contributed by atoms with E-state index in [0.29, 0.717) is 12.2 Å². The van der Waals surface area contributed by atoms with Gasteiger partial charge >= 0.3 is 5.97 Å². The van der Waals surface area contributed by atoms with Gasteiger partial charge in [-0.15, -0.1) is 0 Å². The van der Waals surface area contributed by atoms with Crippen molar-refractivity contribution in [3.63, 3.8) is 0 Å². The van der Waals surface area contributed by atoms with Gasteiger partial charge in [0.15, 0.2) is 0 Å². The zero-order chi connectivity index (χ0) is 12.8. The highest BCUT2D eigenvalue weighted by Crippen LogP contribution is 2.26. The summed E-state index contributed by atoms with van der Waals surface area (Å²) in [7, 11) is 0. The minimum atomic E-state index is -0.303. The number of rotatable bonds is 4. The van der Waals surface area contributed by atoms with Crippen LogP contribution in [0.2, 0.25) is 0 Å². The summed E-state index contributed by atoms with van der Waals surface area (Å²) in [5.41, 5.74) is 1.41. The van der Waals surface area contributed by atoms with Crippen molar-refractivity contribution < 1.29 is 9.53 Å². The molecule has 3 nitrogen and oxygen atoms in total. The second-order valence-electron chi connectivity index (χ2n) is 4.21. The lowest BCUT2D eigenvalue weighted by Gasteiger charge is -2.19. The standard InChI is InChI=1S/C14H17NO2/c1-4-17-14(16)13(10(2)3)12-7-5-6-11(8-12)9-15/h5-8,10,13H,4H2,1-3H3. The Hall–Kier alpha value is -1.82. The fourth-order valence-corrected chi connectivity index (χ4v) is 1.83. The van der Waals surface area contributed by atoms with Crippen LogP contribution in [0.4, 0.5) is 0 Å². The summed E-state index contributed by atoms with van der Waals surface area (Å²) in [5, 5.41) is 8.86. The van der Waals surface area contributed by atoms with Crippen molar-refractivity contribution in [2.75, 3.05) is 6.61 Å². The van der Waals surface area contributed by atoms with Gasteiger partial charge in [-0.1, -0.05) is 26.0 Å². The van der Waals surface area contributed by atoms with Crippen LogP contribution in [0, 0.1) is 17.2 Å². The van der Waals surface area contributed by atoms with Gasteiger partial charge in [0.1, 0.15) is 0 Å². The molecule has 3 heteroatoms. The Bertz CT molecular complexity index is 432. The fourth-order valence-electron chi connectivity index (χ4n) is 1.83. The lowest BCUT2D eigenvalue weighted by Crippen LogP contribution is -2.20. The average Bonchev–Trinajstić information content (AvgIpc) is 2.29. The maximum atomic E-state index is 11.9. The van der Waals surface area contributed by atoms with Gasteiger partial charge in [0.05, 0.1) is 24.2 Å². The van der Waals surface area contributed by atoms with E-state index in [0.717, 1.165) is 5.56 Å². The molecular formula is C14H17NO2. The van der Waals surface area contributed by atoms with Crippen molar-refractivity contribution in [3.8, 4) is 6.07 Å². The lowest BCUT2D eigenvalue weighted by atomic mass is 9.88. The van der Waals surface area contributed by atoms with E-state index in [1.54, 1.807) is 25.1 Å². The molecule has 0 aromatic heterocycles.